The molecule has 0 rings (SSSR count). The van der Waals surface area contributed by atoms with E-state index in [9.17, 15) is 4.79 Å². The van der Waals surface area contributed by atoms with Gasteiger partial charge >= 0.3 is 5.97 Å². The Morgan fingerprint density at radius 3 is 2.78 bits per heavy atom. The van der Waals surface area contributed by atoms with Gasteiger partial charge in [0.15, 0.2) is 0 Å². The Morgan fingerprint density at radius 1 is 1.67 bits per heavy atom. The van der Waals surface area contributed by atoms with E-state index in [0.29, 0.717) is 13.0 Å². The lowest BCUT2D eigenvalue weighted by Crippen LogP contribution is -2.10. The van der Waals surface area contributed by atoms with Crippen molar-refractivity contribution in [3.05, 3.63) is 6.92 Å². The Kier molecular flexibility index (Phi) is 5.21. The summed E-state index contributed by atoms with van der Waals surface area (Å²) in [6.07, 6.45) is 0.678. The van der Waals surface area contributed by atoms with Gasteiger partial charge in [-0.15, -0.1) is 0 Å². The number of ether oxygens (including phenoxy) is 2. The molecule has 3 heteroatoms. The highest BCUT2D eigenvalue weighted by molar-refractivity contribution is 5.70. The van der Waals surface area contributed by atoms with Crippen LogP contribution in [0.4, 0.5) is 0 Å². The molecule has 0 aromatic rings. The maximum absolute atomic E-state index is 10.3. The van der Waals surface area contributed by atoms with Gasteiger partial charge in [-0.05, 0) is 6.42 Å². The summed E-state index contributed by atoms with van der Waals surface area (Å²) in [7, 11) is 1.33. The zero-order valence-electron chi connectivity index (χ0n) is 5.55. The van der Waals surface area contributed by atoms with Crippen molar-refractivity contribution in [3.63, 3.8) is 0 Å². The first kappa shape index (κ1) is 8.43. The van der Waals surface area contributed by atoms with E-state index in [-0.39, 0.29) is 12.6 Å². The normalized spacial score (nSPS) is 9.11. The first-order chi connectivity index (χ1) is 4.31. The van der Waals surface area contributed by atoms with E-state index >= 15 is 0 Å². The first-order valence-corrected chi connectivity index (χ1v) is 2.75. The summed E-state index contributed by atoms with van der Waals surface area (Å²) in [5.74, 6) is -0.344. The van der Waals surface area contributed by atoms with E-state index < -0.39 is 0 Å². The van der Waals surface area contributed by atoms with E-state index in [1.54, 1.807) is 0 Å². The molecule has 0 saturated carbocycles. The van der Waals surface area contributed by atoms with Crippen molar-refractivity contribution in [2.24, 2.45) is 0 Å². The van der Waals surface area contributed by atoms with Crippen LogP contribution in [0.15, 0.2) is 0 Å². The fourth-order valence-corrected chi connectivity index (χ4v) is 0.316. The Hall–Kier alpha value is -0.570. The molecule has 0 amide bonds. The molecule has 53 valence electrons. The molecule has 0 bridgehead atoms. The van der Waals surface area contributed by atoms with E-state index in [0.717, 1.165) is 0 Å². The van der Waals surface area contributed by atoms with Gasteiger partial charge in [-0.1, -0.05) is 6.92 Å². The van der Waals surface area contributed by atoms with Crippen LogP contribution in [0.2, 0.25) is 0 Å². The van der Waals surface area contributed by atoms with E-state index in [2.05, 4.69) is 11.7 Å². The van der Waals surface area contributed by atoms with Gasteiger partial charge in [0.2, 0.25) is 0 Å². The minimum absolute atomic E-state index is 0.0337. The number of carbonyl (C=O) groups is 1. The summed E-state index contributed by atoms with van der Waals surface area (Å²) in [5.41, 5.74) is 0. The Bertz CT molecular complexity index is 80.4. The zero-order chi connectivity index (χ0) is 7.11. The standard InChI is InChI=1S/C6H11O3/c1-3-4-9-5-6(7)8-2/h1,3-5H2,2H3. The highest BCUT2D eigenvalue weighted by Gasteiger charge is 1.96. The second kappa shape index (κ2) is 5.56. The highest BCUT2D eigenvalue weighted by Crippen LogP contribution is 1.80. The maximum atomic E-state index is 10.3. The molecule has 0 aromatic heterocycles. The van der Waals surface area contributed by atoms with Crippen molar-refractivity contribution >= 4 is 5.97 Å². The van der Waals surface area contributed by atoms with Gasteiger partial charge in [-0.2, -0.15) is 0 Å². The lowest BCUT2D eigenvalue weighted by molar-refractivity contribution is -0.145. The van der Waals surface area contributed by atoms with E-state index in [1.165, 1.54) is 7.11 Å². The van der Waals surface area contributed by atoms with Crippen LogP contribution in [-0.2, 0) is 14.3 Å². The number of esters is 1. The molecule has 0 N–H and O–H groups in total. The van der Waals surface area contributed by atoms with Crippen molar-refractivity contribution in [1.82, 2.24) is 0 Å². The molecule has 0 heterocycles. The SMILES string of the molecule is [CH2]CCOCC(=O)OC. The number of rotatable bonds is 4. The van der Waals surface area contributed by atoms with Gasteiger partial charge in [-0.3, -0.25) is 0 Å². The smallest absolute Gasteiger partial charge is 0.331 e. The summed E-state index contributed by atoms with van der Waals surface area (Å²) in [6, 6.07) is 0. The van der Waals surface area contributed by atoms with Crippen molar-refractivity contribution in [2.45, 2.75) is 6.42 Å². The third kappa shape index (κ3) is 5.30. The van der Waals surface area contributed by atoms with E-state index in [4.69, 9.17) is 4.74 Å². The Morgan fingerprint density at radius 2 is 2.33 bits per heavy atom. The highest BCUT2D eigenvalue weighted by atomic mass is 16.6. The van der Waals surface area contributed by atoms with Gasteiger partial charge in [0.25, 0.3) is 0 Å². The maximum Gasteiger partial charge on any atom is 0.331 e. The van der Waals surface area contributed by atoms with Crippen LogP contribution in [0.5, 0.6) is 0 Å². The van der Waals surface area contributed by atoms with Crippen molar-refractivity contribution in [2.75, 3.05) is 20.3 Å². The molecule has 0 saturated heterocycles. The number of hydrogen-bond acceptors (Lipinski definition) is 3. The fourth-order valence-electron chi connectivity index (χ4n) is 0.316. The zero-order valence-corrected chi connectivity index (χ0v) is 5.55. The molecule has 0 atom stereocenters. The molecule has 0 unspecified atom stereocenters. The number of hydrogen-bond donors (Lipinski definition) is 0. The molecule has 3 nitrogen and oxygen atoms in total. The predicted octanol–water partition coefficient (Wildman–Crippen LogP) is 0.400. The van der Waals surface area contributed by atoms with Crippen molar-refractivity contribution in [1.29, 1.82) is 0 Å². The molecule has 9 heavy (non-hydrogen) atoms. The summed E-state index contributed by atoms with van der Waals surface area (Å²) in [5, 5.41) is 0. The van der Waals surface area contributed by atoms with Crippen LogP contribution in [0, 0.1) is 6.92 Å². The summed E-state index contributed by atoms with van der Waals surface area (Å²) in [4.78, 5) is 10.3. The molecule has 0 aliphatic carbocycles. The van der Waals surface area contributed by atoms with Gasteiger partial charge in [0.1, 0.15) is 6.61 Å². The molecular weight excluding hydrogens is 120 g/mol. The summed E-state index contributed by atoms with van der Waals surface area (Å²) in [6.45, 7) is 4.07. The fraction of sp³-hybridized carbons (Fsp3) is 0.667. The quantitative estimate of drug-likeness (QED) is 0.409. The van der Waals surface area contributed by atoms with Gasteiger partial charge in [0.05, 0.1) is 7.11 Å². The van der Waals surface area contributed by atoms with Crippen LogP contribution in [0.3, 0.4) is 0 Å². The lowest BCUT2D eigenvalue weighted by Gasteiger charge is -1.98. The molecule has 0 aromatic carbocycles. The minimum Gasteiger partial charge on any atom is -0.467 e. The van der Waals surface area contributed by atoms with Crippen LogP contribution < -0.4 is 0 Å². The average molecular weight is 131 g/mol. The third-order valence-corrected chi connectivity index (χ3v) is 0.736. The minimum atomic E-state index is -0.344. The lowest BCUT2D eigenvalue weighted by atomic mass is 10.5. The van der Waals surface area contributed by atoms with Crippen LogP contribution in [-0.4, -0.2) is 26.3 Å². The van der Waals surface area contributed by atoms with Crippen LogP contribution in [0.25, 0.3) is 0 Å². The van der Waals surface area contributed by atoms with E-state index in [1.807, 2.05) is 0 Å². The van der Waals surface area contributed by atoms with Crippen molar-refractivity contribution in [3.8, 4) is 0 Å². The average Bonchev–Trinajstić information content (AvgIpc) is 1.89. The largest absolute Gasteiger partial charge is 0.467 e. The second-order valence-corrected chi connectivity index (χ2v) is 1.48. The van der Waals surface area contributed by atoms with Crippen LogP contribution in [0.1, 0.15) is 6.42 Å². The Labute approximate surface area is 55.0 Å². The predicted molar refractivity (Wildman–Crippen MR) is 32.8 cm³/mol. The second-order valence-electron chi connectivity index (χ2n) is 1.48. The summed E-state index contributed by atoms with van der Waals surface area (Å²) < 4.78 is 9.11. The monoisotopic (exact) mass is 131 g/mol. The topological polar surface area (TPSA) is 35.5 Å². The van der Waals surface area contributed by atoms with Crippen molar-refractivity contribution < 1.29 is 14.3 Å². The molecule has 0 spiro atoms. The van der Waals surface area contributed by atoms with Gasteiger partial charge in [-0.25, -0.2) is 4.79 Å². The molecule has 0 aliphatic heterocycles. The molecular formula is C6H11O3. The van der Waals surface area contributed by atoms with Crippen LogP contribution >= 0.6 is 0 Å². The third-order valence-electron chi connectivity index (χ3n) is 0.736. The Balaban J connectivity index is 2.97. The summed E-state index contributed by atoms with van der Waals surface area (Å²) >= 11 is 0. The molecule has 0 aliphatic rings. The molecule has 1 radical (unpaired) electrons. The molecule has 0 fully saturated rings. The van der Waals surface area contributed by atoms with Gasteiger partial charge < -0.3 is 9.47 Å². The van der Waals surface area contributed by atoms with Gasteiger partial charge in [0, 0.05) is 6.61 Å². The first-order valence-electron chi connectivity index (χ1n) is 2.75. The number of methoxy groups -OCH3 is 1. The number of carbonyl (C=O) groups excluding carboxylic acids is 1.